The first-order valence-corrected chi connectivity index (χ1v) is 7.30. The molecule has 19 heavy (non-hydrogen) atoms. The van der Waals surface area contributed by atoms with Crippen LogP contribution in [-0.4, -0.2) is 29.1 Å². The number of amides is 1. The minimum absolute atomic E-state index is 0.00426. The van der Waals surface area contributed by atoms with Crippen molar-refractivity contribution in [2.24, 2.45) is 11.3 Å². The maximum Gasteiger partial charge on any atom is 0.221 e. The third-order valence-corrected chi connectivity index (χ3v) is 5.42. The molecule has 0 radical (unpaired) electrons. The van der Waals surface area contributed by atoms with E-state index in [0.29, 0.717) is 18.5 Å². The summed E-state index contributed by atoms with van der Waals surface area (Å²) in [6.45, 7) is 9.05. The molecular weight excluding hydrogens is 238 g/mol. The fraction of sp³-hybridized carbons (Fsp3) is 0.867. The van der Waals surface area contributed by atoms with Gasteiger partial charge >= 0.3 is 0 Å². The number of likely N-dealkylation sites (tertiary alicyclic amines) is 1. The van der Waals surface area contributed by atoms with Crippen LogP contribution in [-0.2, 0) is 4.79 Å². The van der Waals surface area contributed by atoms with E-state index in [1.807, 2.05) is 0 Å². The second kappa shape index (κ2) is 4.79. The van der Waals surface area contributed by atoms with E-state index in [4.69, 9.17) is 0 Å². The average molecular weight is 263 g/mol. The zero-order chi connectivity index (χ0) is 14.3. The Bertz CT molecular complexity index is 412. The summed E-state index contributed by atoms with van der Waals surface area (Å²) in [6.07, 6.45) is 3.92. The van der Waals surface area contributed by atoms with Crippen LogP contribution in [0.15, 0.2) is 0 Å². The number of nitriles is 1. The molecule has 1 aliphatic heterocycles. The van der Waals surface area contributed by atoms with Gasteiger partial charge in [0.15, 0.2) is 5.66 Å². The van der Waals surface area contributed by atoms with Gasteiger partial charge in [0.1, 0.15) is 6.07 Å². The molecule has 1 N–H and O–H groups in total. The van der Waals surface area contributed by atoms with Crippen LogP contribution in [0.3, 0.4) is 0 Å². The van der Waals surface area contributed by atoms with Gasteiger partial charge in [-0.15, -0.1) is 0 Å². The summed E-state index contributed by atoms with van der Waals surface area (Å²) in [5.41, 5.74) is -0.604. The number of nitrogens with zero attached hydrogens (tertiary/aromatic N) is 2. The fourth-order valence-corrected chi connectivity index (χ4v) is 3.59. The molecule has 2 rings (SSSR count). The fourth-order valence-electron chi connectivity index (χ4n) is 3.59. The smallest absolute Gasteiger partial charge is 0.221 e. The van der Waals surface area contributed by atoms with Gasteiger partial charge in [-0.1, -0.05) is 20.8 Å². The van der Waals surface area contributed by atoms with Gasteiger partial charge in [-0.25, -0.2) is 0 Å². The third kappa shape index (κ3) is 2.25. The zero-order valence-electron chi connectivity index (χ0n) is 12.5. The third-order valence-electron chi connectivity index (χ3n) is 5.42. The lowest BCUT2D eigenvalue weighted by Crippen LogP contribution is -2.61. The second-order valence-corrected chi connectivity index (χ2v) is 6.74. The normalized spacial score (nSPS) is 37.3. The maximum atomic E-state index is 11.8. The molecule has 1 aliphatic carbocycles. The van der Waals surface area contributed by atoms with Crippen LogP contribution < -0.4 is 5.32 Å². The first kappa shape index (κ1) is 14.3. The van der Waals surface area contributed by atoms with E-state index in [0.717, 1.165) is 19.3 Å². The molecule has 3 atom stereocenters. The van der Waals surface area contributed by atoms with E-state index >= 15 is 0 Å². The quantitative estimate of drug-likeness (QED) is 0.831. The van der Waals surface area contributed by atoms with Crippen molar-refractivity contribution < 1.29 is 4.79 Å². The highest BCUT2D eigenvalue weighted by atomic mass is 16.2. The molecule has 4 heteroatoms. The molecule has 4 nitrogen and oxygen atoms in total. The molecule has 2 fully saturated rings. The molecule has 1 amide bonds. The number of hydrogen-bond acceptors (Lipinski definition) is 3. The largest absolute Gasteiger partial charge is 0.312 e. The molecule has 0 spiro atoms. The minimum Gasteiger partial charge on any atom is -0.312 e. The van der Waals surface area contributed by atoms with Crippen LogP contribution >= 0.6 is 0 Å². The highest BCUT2D eigenvalue weighted by molar-refractivity contribution is 5.75. The molecular formula is C15H25N3O. The Morgan fingerprint density at radius 2 is 2.11 bits per heavy atom. The molecule has 1 saturated heterocycles. The molecule has 0 aromatic heterocycles. The van der Waals surface area contributed by atoms with Gasteiger partial charge in [0, 0.05) is 19.5 Å². The summed E-state index contributed by atoms with van der Waals surface area (Å²) < 4.78 is 0. The van der Waals surface area contributed by atoms with Crippen molar-refractivity contribution in [1.29, 1.82) is 5.26 Å². The van der Waals surface area contributed by atoms with Gasteiger partial charge < -0.3 is 4.90 Å². The van der Waals surface area contributed by atoms with Crippen LogP contribution in [0.5, 0.6) is 0 Å². The van der Waals surface area contributed by atoms with Crippen LogP contribution in [0.2, 0.25) is 0 Å². The summed E-state index contributed by atoms with van der Waals surface area (Å²) in [7, 11) is 0. The van der Waals surface area contributed by atoms with Crippen LogP contribution in [0.4, 0.5) is 0 Å². The van der Waals surface area contributed by atoms with Crippen molar-refractivity contribution in [3.8, 4) is 6.07 Å². The molecule has 0 aromatic rings. The summed E-state index contributed by atoms with van der Waals surface area (Å²) in [5, 5.41) is 13.2. The Morgan fingerprint density at radius 3 is 2.58 bits per heavy atom. The predicted molar refractivity (Wildman–Crippen MR) is 74.1 cm³/mol. The van der Waals surface area contributed by atoms with Crippen molar-refractivity contribution in [2.45, 2.75) is 65.1 Å². The number of rotatable bonds is 2. The lowest BCUT2D eigenvalue weighted by molar-refractivity contribution is -0.132. The Morgan fingerprint density at radius 1 is 1.42 bits per heavy atom. The van der Waals surface area contributed by atoms with E-state index in [1.165, 1.54) is 6.42 Å². The van der Waals surface area contributed by atoms with Crippen LogP contribution in [0, 0.1) is 22.7 Å². The molecule has 0 aromatic carbocycles. The van der Waals surface area contributed by atoms with Crippen LogP contribution in [0.1, 0.15) is 53.4 Å². The van der Waals surface area contributed by atoms with Crippen molar-refractivity contribution in [3.05, 3.63) is 0 Å². The Balaban J connectivity index is 2.21. The highest BCUT2D eigenvalue weighted by Crippen LogP contribution is 2.44. The number of carbonyl (C=O) groups is 1. The highest BCUT2D eigenvalue weighted by Gasteiger charge is 2.49. The van der Waals surface area contributed by atoms with E-state index in [1.54, 1.807) is 11.8 Å². The topological polar surface area (TPSA) is 56.1 Å². The molecule has 1 heterocycles. The van der Waals surface area contributed by atoms with Crippen molar-refractivity contribution in [2.75, 3.05) is 6.54 Å². The van der Waals surface area contributed by atoms with Gasteiger partial charge in [0.25, 0.3) is 0 Å². The lowest BCUT2D eigenvalue weighted by atomic mass is 9.79. The molecule has 106 valence electrons. The van der Waals surface area contributed by atoms with E-state index < -0.39 is 5.66 Å². The van der Waals surface area contributed by atoms with Crippen molar-refractivity contribution in [3.63, 3.8) is 0 Å². The number of hydrogen-bond donors (Lipinski definition) is 1. The van der Waals surface area contributed by atoms with Gasteiger partial charge in [0.05, 0.1) is 0 Å². The monoisotopic (exact) mass is 263 g/mol. The Labute approximate surface area is 116 Å². The first-order valence-electron chi connectivity index (χ1n) is 7.30. The maximum absolute atomic E-state index is 11.8. The predicted octanol–water partition coefficient (Wildman–Crippen LogP) is 2.26. The Hall–Kier alpha value is -1.08. The van der Waals surface area contributed by atoms with Gasteiger partial charge in [-0.05, 0) is 37.0 Å². The lowest BCUT2D eigenvalue weighted by Gasteiger charge is -2.40. The minimum atomic E-state index is -0.780. The molecule has 3 unspecified atom stereocenters. The van der Waals surface area contributed by atoms with Gasteiger partial charge in [-0.2, -0.15) is 5.26 Å². The summed E-state index contributed by atoms with van der Waals surface area (Å²) >= 11 is 0. The van der Waals surface area contributed by atoms with Crippen molar-refractivity contribution >= 4 is 5.91 Å². The zero-order valence-corrected chi connectivity index (χ0v) is 12.5. The number of nitrogens with one attached hydrogen (secondary N) is 1. The first-order chi connectivity index (χ1) is 8.83. The summed E-state index contributed by atoms with van der Waals surface area (Å²) in [6, 6.07) is 2.69. The molecule has 2 aliphatic rings. The Kier molecular flexibility index (Phi) is 3.61. The second-order valence-electron chi connectivity index (χ2n) is 6.74. The SMILES string of the molecule is CC(=O)N1CCCC1(C#N)NC1CCC(C)C1(C)C. The van der Waals surface area contributed by atoms with Gasteiger partial charge in [0.2, 0.25) is 5.91 Å². The van der Waals surface area contributed by atoms with E-state index in [2.05, 4.69) is 32.2 Å². The summed E-state index contributed by atoms with van der Waals surface area (Å²) in [5.74, 6) is 0.642. The standard InChI is InChI=1S/C15H25N3O/c1-11-6-7-13(14(11,3)4)17-15(10-16)8-5-9-18(15)12(2)19/h11,13,17H,5-9H2,1-4H3. The van der Waals surface area contributed by atoms with Crippen LogP contribution in [0.25, 0.3) is 0 Å². The van der Waals surface area contributed by atoms with E-state index in [-0.39, 0.29) is 11.3 Å². The average Bonchev–Trinajstić information content (AvgIpc) is 2.87. The van der Waals surface area contributed by atoms with Gasteiger partial charge in [-0.3, -0.25) is 10.1 Å². The molecule has 1 saturated carbocycles. The molecule has 0 bridgehead atoms. The number of carbonyl (C=O) groups excluding carboxylic acids is 1. The summed E-state index contributed by atoms with van der Waals surface area (Å²) in [4.78, 5) is 13.5. The van der Waals surface area contributed by atoms with E-state index in [9.17, 15) is 10.1 Å². The van der Waals surface area contributed by atoms with Crippen molar-refractivity contribution in [1.82, 2.24) is 10.2 Å².